The van der Waals surface area contributed by atoms with Crippen LogP contribution in [0.2, 0.25) is 0 Å². The zero-order chi connectivity index (χ0) is 12.7. The Hall–Kier alpha value is -0.390. The average molecular weight is 234 g/mol. The summed E-state index contributed by atoms with van der Waals surface area (Å²) in [4.78, 5) is 0. The summed E-state index contributed by atoms with van der Waals surface area (Å²) in [6.45, 7) is 4.02. The first-order valence-corrected chi connectivity index (χ1v) is 4.35. The van der Waals surface area contributed by atoms with Crippen LogP contribution >= 0.6 is 0 Å². The van der Waals surface area contributed by atoms with E-state index in [1.165, 1.54) is 0 Å². The predicted octanol–water partition coefficient (Wildman–Crippen LogP) is 3.98. The second-order valence-corrected chi connectivity index (χ2v) is 4.86. The Morgan fingerprint density at radius 3 is 1.20 bits per heavy atom. The molecule has 92 valence electrons. The molecule has 15 heavy (non-hydrogen) atoms. The molecule has 0 aromatic heterocycles. The summed E-state index contributed by atoms with van der Waals surface area (Å²) in [5.41, 5.74) is -5.00. The molecule has 0 atom stereocenters. The number of rotatable bonds is 3. The summed E-state index contributed by atoms with van der Waals surface area (Å²) < 4.78 is 68.1. The molecule has 0 radical (unpaired) electrons. The van der Waals surface area contributed by atoms with Crippen molar-refractivity contribution >= 4 is 0 Å². The van der Waals surface area contributed by atoms with Crippen molar-refractivity contribution in [2.75, 3.05) is 0 Å². The highest BCUT2D eigenvalue weighted by molar-refractivity contribution is 4.82. The third-order valence-corrected chi connectivity index (χ3v) is 1.82. The summed E-state index contributed by atoms with van der Waals surface area (Å²) in [6, 6.07) is 0. The largest absolute Gasteiger partial charge is 0.393 e. The molecule has 0 bridgehead atoms. The van der Waals surface area contributed by atoms with Crippen molar-refractivity contribution in [3.63, 3.8) is 0 Å². The lowest BCUT2D eigenvalue weighted by Gasteiger charge is -2.35. The van der Waals surface area contributed by atoms with Crippen LogP contribution in [-0.2, 0) is 4.74 Å². The van der Waals surface area contributed by atoms with Crippen molar-refractivity contribution in [2.24, 2.45) is 5.41 Å². The Bertz CT molecular complexity index is 200. The van der Waals surface area contributed by atoms with Gasteiger partial charge in [-0.25, -0.2) is 4.39 Å². The first kappa shape index (κ1) is 14.6. The quantitative estimate of drug-likeness (QED) is 0.671. The molecule has 0 heterocycles. The van der Waals surface area contributed by atoms with E-state index in [4.69, 9.17) is 0 Å². The Balaban J connectivity index is 4.89. The van der Waals surface area contributed by atoms with Gasteiger partial charge in [-0.3, -0.25) is 4.74 Å². The second kappa shape index (κ2) is 3.57. The fourth-order valence-electron chi connectivity index (χ4n) is 0.435. The molecule has 0 spiro atoms. The summed E-state index contributed by atoms with van der Waals surface area (Å²) >= 11 is 0. The Morgan fingerprint density at radius 2 is 1.00 bits per heavy atom. The number of hydrogen-bond acceptors (Lipinski definition) is 1. The average Bonchev–Trinajstić information content (AvgIpc) is 1.77. The molecule has 0 saturated carbocycles. The van der Waals surface area contributed by atoms with Crippen LogP contribution in [0.1, 0.15) is 34.6 Å². The number of ether oxygens (including phenoxy) is 1. The zero-order valence-electron chi connectivity index (χ0n) is 9.30. The molecule has 0 aliphatic carbocycles. The van der Waals surface area contributed by atoms with Crippen molar-refractivity contribution in [3.8, 4) is 0 Å². The molecule has 1 nitrogen and oxygen atoms in total. The first-order valence-electron chi connectivity index (χ1n) is 4.35. The van der Waals surface area contributed by atoms with Crippen LogP contribution in [-0.4, -0.2) is 17.9 Å². The minimum atomic E-state index is -4.54. The Morgan fingerprint density at radius 1 is 0.667 bits per heavy atom. The van der Waals surface area contributed by atoms with E-state index in [2.05, 4.69) is 4.74 Å². The molecule has 0 N–H and O–H groups in total. The van der Waals surface area contributed by atoms with E-state index < -0.39 is 23.3 Å². The van der Waals surface area contributed by atoms with Gasteiger partial charge in [0.2, 0.25) is 0 Å². The van der Waals surface area contributed by atoms with Gasteiger partial charge in [-0.15, -0.1) is 0 Å². The van der Waals surface area contributed by atoms with Gasteiger partial charge in [-0.2, -0.15) is 17.6 Å². The van der Waals surface area contributed by atoms with Crippen molar-refractivity contribution in [1.29, 1.82) is 0 Å². The third-order valence-electron chi connectivity index (χ3n) is 1.82. The van der Waals surface area contributed by atoms with Gasteiger partial charge in [0, 0.05) is 0 Å². The van der Waals surface area contributed by atoms with E-state index in [1.807, 2.05) is 0 Å². The van der Waals surface area contributed by atoms with E-state index in [0.717, 1.165) is 20.8 Å². The van der Waals surface area contributed by atoms with Gasteiger partial charge < -0.3 is 0 Å². The molecule has 0 unspecified atom stereocenters. The Kier molecular flexibility index (Phi) is 3.48. The highest BCUT2D eigenvalue weighted by atomic mass is 19.3. The van der Waals surface area contributed by atoms with Gasteiger partial charge in [0.25, 0.3) is 0 Å². The maximum Gasteiger partial charge on any atom is 0.393 e. The molecule has 0 fully saturated rings. The SMILES string of the molecule is CC(C)(C)C(F)(F)OC(F)(F)C(C)(C)F. The van der Waals surface area contributed by atoms with E-state index >= 15 is 0 Å². The molecule has 0 aliphatic rings. The first-order chi connectivity index (χ1) is 6.21. The van der Waals surface area contributed by atoms with Gasteiger partial charge >= 0.3 is 12.2 Å². The normalized spacial score (nSPS) is 15.6. The third kappa shape index (κ3) is 3.29. The highest BCUT2D eigenvalue weighted by Crippen LogP contribution is 2.44. The van der Waals surface area contributed by atoms with Crippen LogP contribution in [0.4, 0.5) is 22.0 Å². The summed E-state index contributed by atoms with van der Waals surface area (Å²) in [6.07, 6.45) is -8.65. The van der Waals surface area contributed by atoms with E-state index in [-0.39, 0.29) is 0 Å². The summed E-state index contributed by atoms with van der Waals surface area (Å²) in [5.74, 6) is 0. The predicted molar refractivity (Wildman–Crippen MR) is 45.6 cm³/mol. The molecule has 0 rings (SSSR count). The molecule has 0 saturated heterocycles. The van der Waals surface area contributed by atoms with Gasteiger partial charge in [0.15, 0.2) is 5.67 Å². The van der Waals surface area contributed by atoms with Gasteiger partial charge in [-0.1, -0.05) is 20.8 Å². The van der Waals surface area contributed by atoms with Crippen LogP contribution in [0.25, 0.3) is 0 Å². The fraction of sp³-hybridized carbons (Fsp3) is 1.00. The van der Waals surface area contributed by atoms with Crippen LogP contribution < -0.4 is 0 Å². The summed E-state index contributed by atoms with van der Waals surface area (Å²) in [7, 11) is 0. The van der Waals surface area contributed by atoms with Crippen molar-refractivity contribution in [2.45, 2.75) is 52.5 Å². The highest BCUT2D eigenvalue weighted by Gasteiger charge is 2.58. The zero-order valence-corrected chi connectivity index (χ0v) is 9.30. The van der Waals surface area contributed by atoms with Gasteiger partial charge in [-0.05, 0) is 13.8 Å². The smallest absolute Gasteiger partial charge is 0.252 e. The lowest BCUT2D eigenvalue weighted by atomic mass is 9.95. The van der Waals surface area contributed by atoms with Crippen molar-refractivity contribution in [3.05, 3.63) is 0 Å². The number of alkyl halides is 5. The lowest BCUT2D eigenvalue weighted by Crippen LogP contribution is -2.50. The molecule has 6 heteroatoms. The minimum Gasteiger partial charge on any atom is -0.252 e. The van der Waals surface area contributed by atoms with Crippen molar-refractivity contribution in [1.82, 2.24) is 0 Å². The molecule has 0 amide bonds. The molecular weight excluding hydrogens is 219 g/mol. The van der Waals surface area contributed by atoms with Crippen LogP contribution in [0.3, 0.4) is 0 Å². The lowest BCUT2D eigenvalue weighted by molar-refractivity contribution is -0.430. The van der Waals surface area contributed by atoms with Crippen molar-refractivity contribution < 1.29 is 26.7 Å². The van der Waals surface area contributed by atoms with Crippen LogP contribution in [0.15, 0.2) is 0 Å². The molecule has 0 aromatic rings. The second-order valence-electron chi connectivity index (χ2n) is 4.86. The monoisotopic (exact) mass is 234 g/mol. The van der Waals surface area contributed by atoms with Crippen LogP contribution in [0, 0.1) is 5.41 Å². The topological polar surface area (TPSA) is 9.23 Å². The van der Waals surface area contributed by atoms with E-state index in [9.17, 15) is 22.0 Å². The van der Waals surface area contributed by atoms with Gasteiger partial charge in [0.05, 0.1) is 5.41 Å². The number of halogens is 5. The molecule has 0 aliphatic heterocycles. The fourth-order valence-corrected chi connectivity index (χ4v) is 0.435. The molecular formula is C9H15F5O. The molecule has 0 aromatic carbocycles. The standard InChI is InChI=1S/C9H15F5O/c1-6(2,3)8(11,12)15-9(13,14)7(4,5)10/h1-5H3. The Labute approximate surface area is 85.6 Å². The maximum absolute atomic E-state index is 13.1. The van der Waals surface area contributed by atoms with E-state index in [1.54, 1.807) is 0 Å². The van der Waals surface area contributed by atoms with E-state index in [0.29, 0.717) is 13.8 Å². The summed E-state index contributed by atoms with van der Waals surface area (Å²) in [5, 5.41) is 0. The number of hydrogen-bond donors (Lipinski definition) is 0. The minimum absolute atomic E-state index is 0.478. The maximum atomic E-state index is 13.1. The van der Waals surface area contributed by atoms with Gasteiger partial charge in [0.1, 0.15) is 0 Å². The van der Waals surface area contributed by atoms with Crippen LogP contribution in [0.5, 0.6) is 0 Å².